The fraction of sp³-hybridized carbons (Fsp3) is 0.158. The second kappa shape index (κ2) is 7.03. The van der Waals surface area contributed by atoms with Gasteiger partial charge in [0, 0.05) is 27.1 Å². The van der Waals surface area contributed by atoms with E-state index < -0.39 is 6.43 Å². The van der Waals surface area contributed by atoms with Crippen molar-refractivity contribution >= 4 is 34.5 Å². The number of nitrogens with one attached hydrogen (secondary N) is 3. The fourth-order valence-electron chi connectivity index (χ4n) is 2.99. The van der Waals surface area contributed by atoms with Crippen molar-refractivity contribution in [3.05, 3.63) is 58.6 Å². The zero-order valence-electron chi connectivity index (χ0n) is 14.3. The van der Waals surface area contributed by atoms with Gasteiger partial charge in [0.2, 0.25) is 0 Å². The third kappa shape index (κ3) is 3.40. The molecule has 3 aromatic rings. The van der Waals surface area contributed by atoms with Gasteiger partial charge in [0.1, 0.15) is 17.2 Å². The summed E-state index contributed by atoms with van der Waals surface area (Å²) in [5, 5.41) is 6.57. The Morgan fingerprint density at radius 1 is 1.26 bits per heavy atom. The summed E-state index contributed by atoms with van der Waals surface area (Å²) < 4.78 is 26.5. The van der Waals surface area contributed by atoms with Crippen LogP contribution < -0.4 is 10.6 Å². The molecule has 0 atom stereocenters. The largest absolute Gasteiger partial charge is 0.371 e. The lowest BCUT2D eigenvalue weighted by molar-refractivity contribution is -0.113. The van der Waals surface area contributed by atoms with Gasteiger partial charge in [0.25, 0.3) is 12.3 Å². The predicted molar refractivity (Wildman–Crippen MR) is 103 cm³/mol. The van der Waals surface area contributed by atoms with Gasteiger partial charge in [-0.2, -0.15) is 0 Å². The summed E-state index contributed by atoms with van der Waals surface area (Å²) in [5.41, 5.74) is 2.02. The van der Waals surface area contributed by atoms with Gasteiger partial charge < -0.3 is 15.6 Å². The molecule has 138 valence electrons. The Morgan fingerprint density at radius 2 is 2.07 bits per heavy atom. The number of H-pyrrole nitrogens is 1. The van der Waals surface area contributed by atoms with Crippen LogP contribution in [-0.2, 0) is 4.79 Å². The molecular formula is C19H16F2N4OS. The molecule has 0 saturated heterocycles. The van der Waals surface area contributed by atoms with Gasteiger partial charge in [-0.25, -0.2) is 13.8 Å². The van der Waals surface area contributed by atoms with Crippen LogP contribution in [-0.4, -0.2) is 21.8 Å². The molecule has 1 aromatic carbocycles. The monoisotopic (exact) mass is 386 g/mol. The first kappa shape index (κ1) is 17.5. The molecule has 4 rings (SSSR count). The van der Waals surface area contributed by atoms with Crippen LogP contribution in [0.2, 0.25) is 0 Å². The van der Waals surface area contributed by atoms with E-state index in [0.717, 1.165) is 10.3 Å². The highest BCUT2D eigenvalue weighted by Gasteiger charge is 2.19. The number of rotatable bonds is 4. The number of halogens is 2. The van der Waals surface area contributed by atoms with E-state index in [0.29, 0.717) is 34.3 Å². The number of amides is 1. The topological polar surface area (TPSA) is 69.8 Å². The number of carbonyl (C=O) groups excluding carboxylic acids is 1. The van der Waals surface area contributed by atoms with Crippen LogP contribution in [0.1, 0.15) is 18.9 Å². The van der Waals surface area contributed by atoms with Crippen LogP contribution >= 0.6 is 11.8 Å². The smallest absolute Gasteiger partial charge is 0.273 e. The third-order valence-electron chi connectivity index (χ3n) is 4.32. The summed E-state index contributed by atoms with van der Waals surface area (Å²) in [6.07, 6.45) is -2.57. The van der Waals surface area contributed by atoms with Crippen LogP contribution in [0.4, 0.5) is 14.6 Å². The lowest BCUT2D eigenvalue weighted by atomic mass is 10.1. The maximum absolute atomic E-state index is 13.3. The molecule has 0 spiro atoms. The number of aromatic amines is 1. The van der Waals surface area contributed by atoms with Crippen molar-refractivity contribution in [1.82, 2.24) is 15.3 Å². The Hall–Kier alpha value is -2.87. The molecule has 1 amide bonds. The molecule has 2 aromatic heterocycles. The molecule has 1 aliphatic rings. The number of thioether (sulfide) groups is 1. The zero-order chi connectivity index (χ0) is 19.0. The Morgan fingerprint density at radius 3 is 2.81 bits per heavy atom. The standard InChI is InChI=1S/C19H16F2N4OS/c1-10-16(22-9-27-10)19(26)25-15-7-6-11-8-14(23-18(11)24-15)12-4-2-3-5-13(12)17(20)21/h2-8,17,22H,9H2,1H3,(H2,23,24,25,26). The lowest BCUT2D eigenvalue weighted by Crippen LogP contribution is -2.23. The number of hydrogen-bond donors (Lipinski definition) is 3. The van der Waals surface area contributed by atoms with E-state index >= 15 is 0 Å². The quantitative estimate of drug-likeness (QED) is 0.611. The second-order valence-electron chi connectivity index (χ2n) is 6.06. The van der Waals surface area contributed by atoms with Gasteiger partial charge in [-0.05, 0) is 25.1 Å². The minimum atomic E-state index is -2.57. The molecule has 5 nitrogen and oxygen atoms in total. The van der Waals surface area contributed by atoms with E-state index in [9.17, 15) is 13.6 Å². The van der Waals surface area contributed by atoms with Crippen LogP contribution in [0.3, 0.4) is 0 Å². The first-order chi connectivity index (χ1) is 13.0. The van der Waals surface area contributed by atoms with Gasteiger partial charge in [0.15, 0.2) is 0 Å². The van der Waals surface area contributed by atoms with Crippen molar-refractivity contribution in [2.24, 2.45) is 0 Å². The highest BCUT2D eigenvalue weighted by Crippen LogP contribution is 2.32. The Bertz CT molecular complexity index is 1060. The molecular weight excluding hydrogens is 370 g/mol. The van der Waals surface area contributed by atoms with Crippen LogP contribution in [0, 0.1) is 0 Å². The van der Waals surface area contributed by atoms with E-state index in [2.05, 4.69) is 20.6 Å². The number of benzene rings is 1. The SMILES string of the molecule is CC1=C(C(=O)Nc2ccc3cc(-c4ccccc4C(F)F)[nH]c3n2)NCS1. The molecule has 3 heterocycles. The minimum Gasteiger partial charge on any atom is -0.371 e. The summed E-state index contributed by atoms with van der Waals surface area (Å²) in [4.78, 5) is 20.7. The van der Waals surface area contributed by atoms with Gasteiger partial charge in [0.05, 0.1) is 5.88 Å². The zero-order valence-corrected chi connectivity index (χ0v) is 15.2. The van der Waals surface area contributed by atoms with Gasteiger partial charge in [-0.3, -0.25) is 4.79 Å². The fourth-order valence-corrected chi connectivity index (χ4v) is 3.73. The Labute approximate surface area is 158 Å². The van der Waals surface area contributed by atoms with Crippen molar-refractivity contribution < 1.29 is 13.6 Å². The van der Waals surface area contributed by atoms with Crippen LogP contribution in [0.25, 0.3) is 22.3 Å². The predicted octanol–water partition coefficient (Wildman–Crippen LogP) is 4.63. The number of carbonyl (C=O) groups is 1. The number of hydrogen-bond acceptors (Lipinski definition) is 4. The molecule has 0 saturated carbocycles. The molecule has 1 aliphatic heterocycles. The number of anilines is 1. The second-order valence-corrected chi connectivity index (χ2v) is 7.25. The maximum atomic E-state index is 13.3. The molecule has 0 radical (unpaired) electrons. The van der Waals surface area contributed by atoms with Crippen molar-refractivity contribution in [3.63, 3.8) is 0 Å². The van der Waals surface area contributed by atoms with Gasteiger partial charge in [-0.15, -0.1) is 11.8 Å². The van der Waals surface area contributed by atoms with Gasteiger partial charge in [-0.1, -0.05) is 24.3 Å². The summed E-state index contributed by atoms with van der Waals surface area (Å²) >= 11 is 1.57. The molecule has 0 unspecified atom stereocenters. The molecule has 0 fully saturated rings. The van der Waals surface area contributed by atoms with Crippen LogP contribution in [0.5, 0.6) is 0 Å². The molecule has 8 heteroatoms. The van der Waals surface area contributed by atoms with E-state index in [-0.39, 0.29) is 11.5 Å². The van der Waals surface area contributed by atoms with Crippen molar-refractivity contribution in [2.45, 2.75) is 13.3 Å². The summed E-state index contributed by atoms with van der Waals surface area (Å²) in [6.45, 7) is 1.88. The number of allylic oxidation sites excluding steroid dienone is 1. The van der Waals surface area contributed by atoms with Gasteiger partial charge >= 0.3 is 0 Å². The summed E-state index contributed by atoms with van der Waals surface area (Å²) in [5.74, 6) is 0.811. The number of alkyl halides is 2. The Balaban J connectivity index is 1.65. The molecule has 27 heavy (non-hydrogen) atoms. The Kier molecular flexibility index (Phi) is 4.57. The first-order valence-corrected chi connectivity index (χ1v) is 9.27. The average Bonchev–Trinajstić information content (AvgIpc) is 3.27. The first-order valence-electron chi connectivity index (χ1n) is 8.29. The van der Waals surface area contributed by atoms with Crippen LogP contribution in [0.15, 0.2) is 53.1 Å². The minimum absolute atomic E-state index is 0.0372. The highest BCUT2D eigenvalue weighted by molar-refractivity contribution is 8.03. The molecule has 0 bridgehead atoms. The lowest BCUT2D eigenvalue weighted by Gasteiger charge is -2.06. The van der Waals surface area contributed by atoms with E-state index in [1.807, 2.05) is 6.92 Å². The number of aromatic nitrogens is 2. The summed E-state index contributed by atoms with van der Waals surface area (Å²) in [7, 11) is 0. The highest BCUT2D eigenvalue weighted by atomic mass is 32.2. The van der Waals surface area contributed by atoms with E-state index in [1.54, 1.807) is 48.2 Å². The van der Waals surface area contributed by atoms with Crippen molar-refractivity contribution in [3.8, 4) is 11.3 Å². The molecule has 0 aliphatic carbocycles. The maximum Gasteiger partial charge on any atom is 0.273 e. The summed E-state index contributed by atoms with van der Waals surface area (Å²) in [6, 6.07) is 11.6. The average molecular weight is 386 g/mol. The number of pyridine rings is 1. The van der Waals surface area contributed by atoms with Crippen molar-refractivity contribution in [2.75, 3.05) is 11.2 Å². The van der Waals surface area contributed by atoms with Crippen molar-refractivity contribution in [1.29, 1.82) is 0 Å². The normalized spacial score (nSPS) is 14.1. The van der Waals surface area contributed by atoms with E-state index in [4.69, 9.17) is 0 Å². The number of nitrogens with zero attached hydrogens (tertiary/aromatic N) is 1. The third-order valence-corrected chi connectivity index (χ3v) is 5.25. The number of fused-ring (bicyclic) bond motifs is 1. The molecule has 3 N–H and O–H groups in total. The van der Waals surface area contributed by atoms with E-state index in [1.165, 1.54) is 6.07 Å².